The van der Waals surface area contributed by atoms with E-state index in [1.165, 1.54) is 0 Å². The van der Waals surface area contributed by atoms with Crippen molar-refractivity contribution in [3.05, 3.63) is 0 Å². The molecule has 0 bridgehead atoms. The second-order valence-electron chi connectivity index (χ2n) is 0. The Hall–Kier alpha value is 3.03. The van der Waals surface area contributed by atoms with Crippen LogP contribution in [0.1, 0.15) is 0 Å². The van der Waals surface area contributed by atoms with E-state index in [1.807, 2.05) is 0 Å². The Kier molecular flexibility index (Phi) is 3270. The first-order chi connectivity index (χ1) is 0. The van der Waals surface area contributed by atoms with Gasteiger partial charge in [0.15, 0.2) is 0 Å². The molecule has 0 aromatic rings. The van der Waals surface area contributed by atoms with Crippen molar-refractivity contribution in [3.8, 4) is 0 Å². The van der Waals surface area contributed by atoms with E-state index in [4.69, 9.17) is 0 Å². The summed E-state index contributed by atoms with van der Waals surface area (Å²) >= 11 is 0. The molecule has 0 amide bonds. The summed E-state index contributed by atoms with van der Waals surface area (Å²) < 4.78 is 0. The van der Waals surface area contributed by atoms with Crippen LogP contribution in [-0.2, 0) is 32.9 Å². The molecule has 0 aromatic carbocycles. The molecular formula is O6Sb4. The number of hydrogen-bond acceptors (Lipinski definition) is 0. The smallest absolute Gasteiger partial charge is 2.00 e. The molecule has 56 valence electrons. The zero-order chi connectivity index (χ0) is 0. The third kappa shape index (κ3) is 121. The Labute approximate surface area is 129 Å². The van der Waals surface area contributed by atoms with Crippen LogP contribution in [0.5, 0.6) is 0 Å². The predicted molar refractivity (Wildman–Crippen MR) is 27.1 cm³/mol. The zero-order valence-electron chi connectivity index (χ0n) is 4.24. The van der Waals surface area contributed by atoms with E-state index >= 15 is 0 Å². The van der Waals surface area contributed by atoms with Crippen LogP contribution < -0.4 is 0 Å². The molecule has 10 heteroatoms. The summed E-state index contributed by atoms with van der Waals surface area (Å²) in [5, 5.41) is 0. The molecule has 0 unspecified atom stereocenters. The molecule has 0 heterocycles. The van der Waals surface area contributed by atoms with Gasteiger partial charge < -0.3 is 32.9 Å². The van der Waals surface area contributed by atoms with E-state index < -0.39 is 0 Å². The maximum atomic E-state index is 0. The topological polar surface area (TPSA) is 171 Å². The van der Waals surface area contributed by atoms with Crippen LogP contribution in [0.2, 0.25) is 0 Å². The minimum absolute atomic E-state index is 0. The van der Waals surface area contributed by atoms with Gasteiger partial charge in [-0.15, -0.1) is 0 Å². The zero-order valence-corrected chi connectivity index (χ0v) is 14.4. The summed E-state index contributed by atoms with van der Waals surface area (Å²) in [5.74, 6) is 0. The van der Waals surface area contributed by atoms with Crippen molar-refractivity contribution in [3.63, 3.8) is 0 Å². The van der Waals surface area contributed by atoms with E-state index in [9.17, 15) is 0 Å². The summed E-state index contributed by atoms with van der Waals surface area (Å²) in [6, 6.07) is 0. The van der Waals surface area contributed by atoms with E-state index in [0.717, 1.165) is 0 Å². The number of hydrogen-bond donors (Lipinski definition) is 0. The van der Waals surface area contributed by atoms with Crippen LogP contribution in [0.25, 0.3) is 0 Å². The fraction of sp³-hybridized carbons (Fsp3) is 0. The minimum Gasteiger partial charge on any atom is -2.00 e. The molecule has 0 aliphatic rings. The van der Waals surface area contributed by atoms with E-state index in [-0.39, 0.29) is 131 Å². The molecule has 6 nitrogen and oxygen atoms in total. The first kappa shape index (κ1) is 205. The first-order valence-corrected chi connectivity index (χ1v) is 0. The van der Waals surface area contributed by atoms with Crippen LogP contribution in [0, 0.1) is 0 Å². The average Bonchev–Trinajstić information content (AvgIpc) is 0. The van der Waals surface area contributed by atoms with E-state index in [0.29, 0.717) is 0 Å². The third-order valence-electron chi connectivity index (χ3n) is 0. The molecule has 0 rings (SSSR count). The average molecular weight is 583 g/mol. The predicted octanol–water partition coefficient (Wildman–Crippen LogP) is -2.24. The van der Waals surface area contributed by atoms with Gasteiger partial charge in [-0.1, -0.05) is 0 Å². The summed E-state index contributed by atoms with van der Waals surface area (Å²) in [6.45, 7) is 0. The molecule has 0 aliphatic heterocycles. The molecule has 0 atom stereocenters. The fourth-order valence-corrected chi connectivity index (χ4v) is 0. The molecule has 0 saturated carbocycles. The van der Waals surface area contributed by atoms with Gasteiger partial charge in [0.2, 0.25) is 0 Å². The van der Waals surface area contributed by atoms with Gasteiger partial charge in [0.25, 0.3) is 0 Å². The van der Waals surface area contributed by atoms with Gasteiger partial charge in [0, 0.05) is 0 Å². The monoisotopic (exact) mass is 580 g/mol. The van der Waals surface area contributed by atoms with Crippen molar-refractivity contribution in [1.82, 2.24) is 0 Å². The molecule has 0 fully saturated rings. The van der Waals surface area contributed by atoms with Crippen molar-refractivity contribution in [2.45, 2.75) is 0 Å². The molecule has 0 aliphatic carbocycles. The van der Waals surface area contributed by atoms with Gasteiger partial charge in [-0.25, -0.2) is 0 Å². The minimum atomic E-state index is 0. The van der Waals surface area contributed by atoms with Crippen LogP contribution in [0.4, 0.5) is 0 Å². The van der Waals surface area contributed by atoms with Crippen molar-refractivity contribution in [2.24, 2.45) is 0 Å². The Morgan fingerprint density at radius 3 is 0.200 bits per heavy atom. The van der Waals surface area contributed by atoms with Gasteiger partial charge >= 0.3 is 97.7 Å². The molecule has 10 heavy (non-hydrogen) atoms. The largest absolute Gasteiger partial charge is 3.00 e. The molecule has 0 spiro atoms. The maximum absolute atomic E-state index is 0. The van der Waals surface area contributed by atoms with Gasteiger partial charge in [-0.05, 0) is 0 Å². The van der Waals surface area contributed by atoms with Crippen molar-refractivity contribution >= 4 is 97.7 Å². The van der Waals surface area contributed by atoms with Crippen LogP contribution >= 0.6 is 0 Å². The Balaban J connectivity index is 0. The Bertz CT molecular complexity index is 9.71. The molecule has 0 aromatic heterocycles. The van der Waals surface area contributed by atoms with Crippen LogP contribution in [0.3, 0.4) is 0 Å². The second kappa shape index (κ2) is 159. The van der Waals surface area contributed by atoms with E-state index in [1.54, 1.807) is 0 Å². The Morgan fingerprint density at radius 1 is 0.200 bits per heavy atom. The third-order valence-corrected chi connectivity index (χ3v) is 0. The normalized spacial score (nSPS) is 0. The SMILES string of the molecule is [O-2].[O-2].[O-2].[O-2].[O-2].[O-2].[Sb+3].[Sb+3].[Sb+3].[Sb+3]. The molecular weight excluding hydrogens is 583 g/mol. The summed E-state index contributed by atoms with van der Waals surface area (Å²) in [4.78, 5) is 0. The first-order valence-electron chi connectivity index (χ1n) is 0. The van der Waals surface area contributed by atoms with Crippen LogP contribution in [-0.4, -0.2) is 97.7 Å². The van der Waals surface area contributed by atoms with Gasteiger partial charge in [0.1, 0.15) is 0 Å². The quantitative estimate of drug-likeness (QED) is 0.282. The van der Waals surface area contributed by atoms with Gasteiger partial charge in [-0.2, -0.15) is 0 Å². The maximum Gasteiger partial charge on any atom is 3.00 e. The second-order valence-corrected chi connectivity index (χ2v) is 0. The van der Waals surface area contributed by atoms with Gasteiger partial charge in [-0.3, -0.25) is 0 Å². The summed E-state index contributed by atoms with van der Waals surface area (Å²) in [7, 11) is 0. The standard InChI is InChI=1S/6O.4Sb/q6*-2;4*+3. The molecule has 0 saturated heterocycles. The van der Waals surface area contributed by atoms with Gasteiger partial charge in [0.05, 0.1) is 0 Å². The number of rotatable bonds is 0. The molecule has 0 N–H and O–H groups in total. The summed E-state index contributed by atoms with van der Waals surface area (Å²) in [6.07, 6.45) is 0. The fourth-order valence-electron chi connectivity index (χ4n) is 0. The van der Waals surface area contributed by atoms with Crippen molar-refractivity contribution in [2.75, 3.05) is 0 Å². The summed E-state index contributed by atoms with van der Waals surface area (Å²) in [5.41, 5.74) is 0. The van der Waals surface area contributed by atoms with E-state index in [2.05, 4.69) is 0 Å². The van der Waals surface area contributed by atoms with Crippen LogP contribution in [0.15, 0.2) is 0 Å². The molecule has 8 radical (unpaired) electrons. The Morgan fingerprint density at radius 2 is 0.200 bits per heavy atom. The van der Waals surface area contributed by atoms with Crippen molar-refractivity contribution < 1.29 is 32.9 Å². The van der Waals surface area contributed by atoms with Crippen molar-refractivity contribution in [1.29, 1.82) is 0 Å².